The van der Waals surface area contributed by atoms with Crippen LogP contribution < -0.4 is 4.74 Å². The Kier molecular flexibility index (Phi) is 3.95. The fourth-order valence-corrected chi connectivity index (χ4v) is 1.68. The molecule has 0 bridgehead atoms. The number of nitrogens with zero attached hydrogens (tertiary/aromatic N) is 2. The van der Waals surface area contributed by atoms with E-state index in [9.17, 15) is 14.9 Å². The summed E-state index contributed by atoms with van der Waals surface area (Å²) in [5, 5.41) is 10.9. The van der Waals surface area contributed by atoms with E-state index >= 15 is 0 Å². The number of rotatable bonds is 4. The largest absolute Gasteiger partial charge is 0.436 e. The van der Waals surface area contributed by atoms with Crippen molar-refractivity contribution < 1.29 is 14.5 Å². The highest BCUT2D eigenvalue weighted by atomic mass is 35.5. The van der Waals surface area contributed by atoms with Crippen molar-refractivity contribution in [2.75, 3.05) is 0 Å². The van der Waals surface area contributed by atoms with E-state index < -0.39 is 4.92 Å². The molecule has 20 heavy (non-hydrogen) atoms. The maximum absolute atomic E-state index is 11.5. The third-order valence-electron chi connectivity index (χ3n) is 2.48. The quantitative estimate of drug-likeness (QED) is 0.488. The van der Waals surface area contributed by atoms with Gasteiger partial charge in [0.15, 0.2) is 11.5 Å². The highest BCUT2D eigenvalue weighted by molar-refractivity contribution is 6.32. The lowest BCUT2D eigenvalue weighted by molar-refractivity contribution is -0.384. The van der Waals surface area contributed by atoms with Crippen LogP contribution in [0.5, 0.6) is 11.6 Å². The summed E-state index contributed by atoms with van der Waals surface area (Å²) in [5.74, 6) is -0.0980. The van der Waals surface area contributed by atoms with E-state index in [1.54, 1.807) is 12.1 Å². The Morgan fingerprint density at radius 2 is 2.15 bits per heavy atom. The van der Waals surface area contributed by atoms with Crippen molar-refractivity contribution in [3.05, 3.63) is 57.2 Å². The molecule has 0 amide bonds. The number of benzene rings is 1. The molecule has 6 nitrogen and oxygen atoms in total. The molecule has 0 aliphatic carbocycles. The molecule has 2 aromatic rings. The average Bonchev–Trinajstić information content (AvgIpc) is 2.41. The number of ketones is 1. The van der Waals surface area contributed by atoms with Gasteiger partial charge in [0.25, 0.3) is 5.69 Å². The number of halogens is 1. The van der Waals surface area contributed by atoms with Gasteiger partial charge in [-0.15, -0.1) is 0 Å². The van der Waals surface area contributed by atoms with Crippen molar-refractivity contribution in [3.8, 4) is 11.6 Å². The predicted octanol–water partition coefficient (Wildman–Crippen LogP) is 3.64. The molecule has 0 aliphatic rings. The Morgan fingerprint density at radius 1 is 1.40 bits per heavy atom. The first-order valence-corrected chi connectivity index (χ1v) is 5.94. The van der Waals surface area contributed by atoms with Gasteiger partial charge in [0.05, 0.1) is 21.6 Å². The van der Waals surface area contributed by atoms with E-state index in [0.717, 1.165) is 0 Å². The van der Waals surface area contributed by atoms with E-state index in [-0.39, 0.29) is 33.7 Å². The lowest BCUT2D eigenvalue weighted by Gasteiger charge is -2.09. The molecule has 0 aliphatic heterocycles. The minimum Gasteiger partial charge on any atom is -0.436 e. The van der Waals surface area contributed by atoms with Crippen LogP contribution in [-0.2, 0) is 0 Å². The van der Waals surface area contributed by atoms with Crippen molar-refractivity contribution >= 4 is 23.1 Å². The fraction of sp³-hybridized carbons (Fsp3) is 0.0769. The maximum Gasteiger partial charge on any atom is 0.273 e. The predicted molar refractivity (Wildman–Crippen MR) is 72.4 cm³/mol. The van der Waals surface area contributed by atoms with Gasteiger partial charge in [0.1, 0.15) is 0 Å². The van der Waals surface area contributed by atoms with Gasteiger partial charge in [-0.3, -0.25) is 14.9 Å². The molecule has 1 heterocycles. The van der Waals surface area contributed by atoms with E-state index in [1.165, 1.54) is 31.3 Å². The SMILES string of the molecule is CC(=O)c1cccnc1Oc1cc([N+](=O)[O-])ccc1Cl. The lowest BCUT2D eigenvalue weighted by Crippen LogP contribution is -1.99. The van der Waals surface area contributed by atoms with Gasteiger partial charge in [0.2, 0.25) is 5.88 Å². The Labute approximate surface area is 119 Å². The number of carbonyl (C=O) groups excluding carboxylic acids is 1. The van der Waals surface area contributed by atoms with E-state index in [4.69, 9.17) is 16.3 Å². The highest BCUT2D eigenvalue weighted by Gasteiger charge is 2.15. The van der Waals surface area contributed by atoms with Crippen LogP contribution in [0.3, 0.4) is 0 Å². The molecular formula is C13H9ClN2O4. The van der Waals surface area contributed by atoms with E-state index in [2.05, 4.69) is 4.98 Å². The molecule has 0 radical (unpaired) electrons. The van der Waals surface area contributed by atoms with Crippen LogP contribution in [0.15, 0.2) is 36.5 Å². The molecule has 0 saturated heterocycles. The zero-order valence-electron chi connectivity index (χ0n) is 10.4. The van der Waals surface area contributed by atoms with Gasteiger partial charge < -0.3 is 4.74 Å². The average molecular weight is 293 g/mol. The van der Waals surface area contributed by atoms with Crippen molar-refractivity contribution in [3.63, 3.8) is 0 Å². The number of ether oxygens (including phenoxy) is 1. The third kappa shape index (κ3) is 2.92. The zero-order valence-corrected chi connectivity index (χ0v) is 11.1. The Bertz CT molecular complexity index is 688. The number of non-ortho nitro benzene ring substituents is 1. The van der Waals surface area contributed by atoms with Gasteiger partial charge in [0, 0.05) is 12.3 Å². The number of hydrogen-bond acceptors (Lipinski definition) is 5. The molecule has 0 N–H and O–H groups in total. The van der Waals surface area contributed by atoms with Crippen LogP contribution in [-0.4, -0.2) is 15.7 Å². The number of hydrogen-bond donors (Lipinski definition) is 0. The summed E-state index contributed by atoms with van der Waals surface area (Å²) in [7, 11) is 0. The van der Waals surface area contributed by atoms with E-state index in [0.29, 0.717) is 0 Å². The highest BCUT2D eigenvalue weighted by Crippen LogP contribution is 2.33. The van der Waals surface area contributed by atoms with Crippen LogP contribution >= 0.6 is 11.6 Å². The molecule has 1 aromatic carbocycles. The summed E-state index contributed by atoms with van der Waals surface area (Å²) in [5.41, 5.74) is 0.111. The number of Topliss-reactive ketones (excluding diaryl/α,β-unsaturated/α-hetero) is 1. The van der Waals surface area contributed by atoms with Crippen molar-refractivity contribution in [2.45, 2.75) is 6.92 Å². The molecule has 0 unspecified atom stereocenters. The maximum atomic E-state index is 11.5. The molecule has 0 saturated carbocycles. The first-order chi connectivity index (χ1) is 9.49. The van der Waals surface area contributed by atoms with Crippen molar-refractivity contribution in [1.82, 2.24) is 4.98 Å². The summed E-state index contributed by atoms with van der Waals surface area (Å²) in [6.07, 6.45) is 1.45. The molecule has 7 heteroatoms. The summed E-state index contributed by atoms with van der Waals surface area (Å²) in [6, 6.07) is 6.94. The van der Waals surface area contributed by atoms with E-state index in [1.807, 2.05) is 0 Å². The van der Waals surface area contributed by atoms with Gasteiger partial charge in [-0.1, -0.05) is 11.6 Å². The first-order valence-electron chi connectivity index (χ1n) is 5.57. The topological polar surface area (TPSA) is 82.3 Å². The molecular weight excluding hydrogens is 284 g/mol. The molecule has 0 spiro atoms. The molecule has 0 fully saturated rings. The smallest absolute Gasteiger partial charge is 0.273 e. The summed E-state index contributed by atoms with van der Waals surface area (Å²) < 4.78 is 5.42. The minimum absolute atomic E-state index is 0.0578. The van der Waals surface area contributed by atoms with Crippen LogP contribution in [0.4, 0.5) is 5.69 Å². The van der Waals surface area contributed by atoms with Crippen LogP contribution in [0.25, 0.3) is 0 Å². The zero-order chi connectivity index (χ0) is 14.7. The Balaban J connectivity index is 2.42. The molecule has 2 rings (SSSR count). The number of aromatic nitrogens is 1. The second kappa shape index (κ2) is 5.66. The van der Waals surface area contributed by atoms with Crippen molar-refractivity contribution in [1.29, 1.82) is 0 Å². The first kappa shape index (κ1) is 14.0. The van der Waals surface area contributed by atoms with Gasteiger partial charge in [-0.2, -0.15) is 0 Å². The number of nitro groups is 1. The second-order valence-corrected chi connectivity index (χ2v) is 4.29. The fourth-order valence-electron chi connectivity index (χ4n) is 1.53. The second-order valence-electron chi connectivity index (χ2n) is 3.89. The summed E-state index contributed by atoms with van der Waals surface area (Å²) in [6.45, 7) is 1.37. The standard InChI is InChI=1S/C13H9ClN2O4/c1-8(17)10-3-2-6-15-13(10)20-12-7-9(16(18)19)4-5-11(12)14/h2-7H,1H3. The van der Waals surface area contributed by atoms with Crippen LogP contribution in [0.1, 0.15) is 17.3 Å². The molecule has 1 aromatic heterocycles. The monoisotopic (exact) mass is 292 g/mol. The molecule has 102 valence electrons. The third-order valence-corrected chi connectivity index (χ3v) is 2.79. The lowest BCUT2D eigenvalue weighted by atomic mass is 10.2. The Morgan fingerprint density at radius 3 is 2.80 bits per heavy atom. The Hall–Kier alpha value is -2.47. The van der Waals surface area contributed by atoms with Gasteiger partial charge in [-0.05, 0) is 25.1 Å². The molecule has 0 atom stereocenters. The summed E-state index contributed by atoms with van der Waals surface area (Å²) >= 11 is 5.92. The van der Waals surface area contributed by atoms with Crippen molar-refractivity contribution in [2.24, 2.45) is 0 Å². The summed E-state index contributed by atoms with van der Waals surface area (Å²) in [4.78, 5) is 25.6. The van der Waals surface area contributed by atoms with Gasteiger partial charge in [-0.25, -0.2) is 4.98 Å². The number of carbonyl (C=O) groups is 1. The van der Waals surface area contributed by atoms with Crippen LogP contribution in [0.2, 0.25) is 5.02 Å². The number of nitro benzene ring substituents is 1. The van der Waals surface area contributed by atoms with Crippen LogP contribution in [0, 0.1) is 10.1 Å². The normalized spacial score (nSPS) is 10.1. The minimum atomic E-state index is -0.562. The number of pyridine rings is 1. The van der Waals surface area contributed by atoms with Gasteiger partial charge >= 0.3 is 0 Å².